The van der Waals surface area contributed by atoms with Crippen LogP contribution in [-0.4, -0.2) is 58.9 Å². The summed E-state index contributed by atoms with van der Waals surface area (Å²) in [5, 5.41) is 5.03. The minimum atomic E-state index is -0.556. The molecule has 1 aliphatic rings. The summed E-state index contributed by atoms with van der Waals surface area (Å²) in [6.07, 6.45) is 2.32. The SMILES string of the molecule is COc1cc2c(cc1OC)CN(C(=O)COC(=O)c1cc(C(C)C)nc3c1cnn3C(C)C)CC2. The molecule has 0 bridgehead atoms. The van der Waals surface area contributed by atoms with Gasteiger partial charge < -0.3 is 19.1 Å². The summed E-state index contributed by atoms with van der Waals surface area (Å²) < 4.78 is 18.0. The fourth-order valence-electron chi connectivity index (χ4n) is 4.27. The van der Waals surface area contributed by atoms with Crippen molar-refractivity contribution in [2.24, 2.45) is 0 Å². The molecule has 9 nitrogen and oxygen atoms in total. The lowest BCUT2D eigenvalue weighted by atomic mass is 9.99. The van der Waals surface area contributed by atoms with E-state index in [0.717, 1.165) is 16.8 Å². The zero-order valence-corrected chi connectivity index (χ0v) is 21.1. The summed E-state index contributed by atoms with van der Waals surface area (Å²) >= 11 is 0. The normalized spacial score (nSPS) is 13.3. The Morgan fingerprint density at radius 1 is 1.03 bits per heavy atom. The van der Waals surface area contributed by atoms with Gasteiger partial charge in [0.05, 0.1) is 31.4 Å². The van der Waals surface area contributed by atoms with Crippen LogP contribution < -0.4 is 9.47 Å². The number of pyridine rings is 1. The van der Waals surface area contributed by atoms with Crippen molar-refractivity contribution in [1.29, 1.82) is 0 Å². The van der Waals surface area contributed by atoms with Gasteiger partial charge in [0.2, 0.25) is 0 Å². The van der Waals surface area contributed by atoms with Gasteiger partial charge >= 0.3 is 5.97 Å². The van der Waals surface area contributed by atoms with Crippen molar-refractivity contribution in [2.45, 2.75) is 52.6 Å². The third-order valence-electron chi connectivity index (χ3n) is 6.28. The smallest absolute Gasteiger partial charge is 0.339 e. The number of hydrogen-bond acceptors (Lipinski definition) is 7. The monoisotopic (exact) mass is 480 g/mol. The second kappa shape index (κ2) is 9.93. The predicted octanol–water partition coefficient (Wildman–Crippen LogP) is 3.89. The van der Waals surface area contributed by atoms with Crippen LogP contribution in [0.4, 0.5) is 0 Å². The first-order chi connectivity index (χ1) is 16.7. The highest BCUT2D eigenvalue weighted by molar-refractivity contribution is 6.03. The molecule has 3 aromatic rings. The summed E-state index contributed by atoms with van der Waals surface area (Å²) in [5.41, 5.74) is 3.90. The van der Waals surface area contributed by atoms with Crippen molar-refractivity contribution in [1.82, 2.24) is 19.7 Å². The highest BCUT2D eigenvalue weighted by Crippen LogP contribution is 2.33. The van der Waals surface area contributed by atoms with E-state index in [2.05, 4.69) is 5.10 Å². The van der Waals surface area contributed by atoms with Crippen molar-refractivity contribution in [3.05, 3.63) is 46.8 Å². The molecule has 0 saturated carbocycles. The highest BCUT2D eigenvalue weighted by Gasteiger charge is 2.25. The van der Waals surface area contributed by atoms with Gasteiger partial charge in [0.25, 0.3) is 5.91 Å². The van der Waals surface area contributed by atoms with Crippen molar-refractivity contribution >= 4 is 22.9 Å². The van der Waals surface area contributed by atoms with Crippen LogP contribution in [0.15, 0.2) is 24.4 Å². The number of rotatable bonds is 7. The molecule has 1 aromatic carbocycles. The number of amides is 1. The molecule has 186 valence electrons. The maximum Gasteiger partial charge on any atom is 0.339 e. The van der Waals surface area contributed by atoms with Gasteiger partial charge in [-0.1, -0.05) is 13.8 Å². The molecule has 2 aromatic heterocycles. The zero-order valence-electron chi connectivity index (χ0n) is 21.1. The van der Waals surface area contributed by atoms with Crippen LogP contribution in [0.1, 0.15) is 66.8 Å². The van der Waals surface area contributed by atoms with Crippen molar-refractivity contribution in [3.8, 4) is 11.5 Å². The van der Waals surface area contributed by atoms with E-state index in [9.17, 15) is 9.59 Å². The van der Waals surface area contributed by atoms with Crippen LogP contribution in [0.25, 0.3) is 11.0 Å². The first kappa shape index (κ1) is 24.5. The molecule has 0 unspecified atom stereocenters. The lowest BCUT2D eigenvalue weighted by molar-refractivity contribution is -0.135. The van der Waals surface area contributed by atoms with Gasteiger partial charge in [-0.05, 0) is 55.5 Å². The van der Waals surface area contributed by atoms with E-state index < -0.39 is 5.97 Å². The average Bonchev–Trinajstić information content (AvgIpc) is 3.29. The summed E-state index contributed by atoms with van der Waals surface area (Å²) in [4.78, 5) is 32.4. The summed E-state index contributed by atoms with van der Waals surface area (Å²) in [6, 6.07) is 5.68. The zero-order chi connectivity index (χ0) is 25.3. The fourth-order valence-corrected chi connectivity index (χ4v) is 4.27. The largest absolute Gasteiger partial charge is 0.493 e. The molecule has 0 spiro atoms. The van der Waals surface area contributed by atoms with E-state index in [0.29, 0.717) is 47.6 Å². The highest BCUT2D eigenvalue weighted by atomic mass is 16.5. The Labute approximate surface area is 205 Å². The third kappa shape index (κ3) is 4.80. The van der Waals surface area contributed by atoms with Gasteiger partial charge in [0, 0.05) is 24.8 Å². The van der Waals surface area contributed by atoms with Crippen molar-refractivity contribution in [2.75, 3.05) is 27.4 Å². The molecule has 35 heavy (non-hydrogen) atoms. The number of fused-ring (bicyclic) bond motifs is 2. The number of benzene rings is 1. The number of nitrogens with zero attached hydrogens (tertiary/aromatic N) is 4. The van der Waals surface area contributed by atoms with E-state index in [4.69, 9.17) is 19.2 Å². The Kier molecular flexibility index (Phi) is 6.95. The van der Waals surface area contributed by atoms with Gasteiger partial charge in [0.1, 0.15) is 0 Å². The Hall–Kier alpha value is -3.62. The molecule has 0 atom stereocenters. The number of esters is 1. The van der Waals surface area contributed by atoms with Gasteiger partial charge in [-0.15, -0.1) is 0 Å². The van der Waals surface area contributed by atoms with Crippen LogP contribution in [0, 0.1) is 0 Å². The second-order valence-electron chi connectivity index (χ2n) is 9.29. The molecule has 0 radical (unpaired) electrons. The van der Waals surface area contributed by atoms with Crippen LogP contribution >= 0.6 is 0 Å². The van der Waals surface area contributed by atoms with Crippen molar-refractivity contribution < 1.29 is 23.8 Å². The third-order valence-corrected chi connectivity index (χ3v) is 6.28. The molecule has 0 fully saturated rings. The van der Waals surface area contributed by atoms with Crippen LogP contribution in [-0.2, 0) is 22.5 Å². The number of aromatic nitrogens is 3. The lowest BCUT2D eigenvalue weighted by Crippen LogP contribution is -2.38. The maximum absolute atomic E-state index is 13.1. The summed E-state index contributed by atoms with van der Waals surface area (Å²) in [7, 11) is 3.19. The standard InChI is InChI=1S/C26H32N4O5/c1-15(2)21-11-19(20-12-27-30(16(3)4)25(20)28-21)26(32)35-14-24(31)29-8-7-17-9-22(33-5)23(34-6)10-18(17)13-29/h9-12,15-16H,7-8,13-14H2,1-6H3. The predicted molar refractivity (Wildman–Crippen MR) is 131 cm³/mol. The molecule has 3 heterocycles. The molecule has 0 N–H and O–H groups in total. The molecule has 1 aliphatic heterocycles. The summed E-state index contributed by atoms with van der Waals surface area (Å²) in [5.74, 6) is 0.611. The van der Waals surface area contributed by atoms with Gasteiger partial charge in [0.15, 0.2) is 23.8 Å². The number of carbonyl (C=O) groups excluding carboxylic acids is 2. The molecule has 0 aliphatic carbocycles. The van der Waals surface area contributed by atoms with Crippen LogP contribution in [0.5, 0.6) is 11.5 Å². The van der Waals surface area contributed by atoms with E-state index in [1.54, 1.807) is 36.1 Å². The molecular weight excluding hydrogens is 448 g/mol. The second-order valence-corrected chi connectivity index (χ2v) is 9.29. The number of methoxy groups -OCH3 is 2. The quantitative estimate of drug-likeness (QED) is 0.473. The first-order valence-electron chi connectivity index (χ1n) is 11.8. The number of ether oxygens (including phenoxy) is 3. The van der Waals surface area contributed by atoms with E-state index in [1.807, 2.05) is 39.8 Å². The van der Waals surface area contributed by atoms with E-state index >= 15 is 0 Å². The maximum atomic E-state index is 13.1. The minimum absolute atomic E-state index is 0.0911. The van der Waals surface area contributed by atoms with E-state index in [1.165, 1.54) is 0 Å². The Morgan fingerprint density at radius 2 is 1.71 bits per heavy atom. The average molecular weight is 481 g/mol. The van der Waals surface area contributed by atoms with Crippen LogP contribution in [0.2, 0.25) is 0 Å². The topological polar surface area (TPSA) is 95.8 Å². The van der Waals surface area contributed by atoms with Crippen LogP contribution in [0.3, 0.4) is 0 Å². The molecular formula is C26H32N4O5. The molecule has 9 heteroatoms. The molecule has 4 rings (SSSR count). The molecule has 1 amide bonds. The van der Waals surface area contributed by atoms with E-state index in [-0.39, 0.29) is 24.5 Å². The fraction of sp³-hybridized carbons (Fsp3) is 0.462. The minimum Gasteiger partial charge on any atom is -0.493 e. The number of carbonyl (C=O) groups is 2. The van der Waals surface area contributed by atoms with Gasteiger partial charge in [-0.3, -0.25) is 4.79 Å². The lowest BCUT2D eigenvalue weighted by Gasteiger charge is -2.29. The van der Waals surface area contributed by atoms with Gasteiger partial charge in [-0.2, -0.15) is 5.10 Å². The summed E-state index contributed by atoms with van der Waals surface area (Å²) in [6.45, 7) is 8.68. The number of hydrogen-bond donors (Lipinski definition) is 0. The Bertz CT molecular complexity index is 1260. The Morgan fingerprint density at radius 3 is 2.34 bits per heavy atom. The first-order valence-corrected chi connectivity index (χ1v) is 11.8. The molecule has 0 saturated heterocycles. The Balaban J connectivity index is 1.50. The van der Waals surface area contributed by atoms with Gasteiger partial charge in [-0.25, -0.2) is 14.5 Å². The van der Waals surface area contributed by atoms with Crippen molar-refractivity contribution in [3.63, 3.8) is 0 Å².